The molecule has 0 bridgehead atoms. The fourth-order valence-electron chi connectivity index (χ4n) is 1.77. The number of nitriles is 1. The van der Waals surface area contributed by atoms with E-state index < -0.39 is 11.9 Å². The summed E-state index contributed by atoms with van der Waals surface area (Å²) in [4.78, 5) is 5.15. The predicted molar refractivity (Wildman–Crippen MR) is 66.7 cm³/mol. The summed E-state index contributed by atoms with van der Waals surface area (Å²) in [5, 5.41) is 8.96. The summed E-state index contributed by atoms with van der Waals surface area (Å²) in [6.07, 6.45) is -4.51. The fourth-order valence-corrected chi connectivity index (χ4v) is 1.77. The van der Waals surface area contributed by atoms with E-state index in [1.165, 1.54) is 0 Å². The molecule has 1 rings (SSSR count). The molecule has 0 aliphatic rings. The third-order valence-corrected chi connectivity index (χ3v) is 2.36. The third kappa shape index (κ3) is 4.12. The van der Waals surface area contributed by atoms with Gasteiger partial charge in [-0.15, -0.1) is 0 Å². The number of pyridine rings is 1. The van der Waals surface area contributed by atoms with Crippen LogP contribution in [0.3, 0.4) is 0 Å². The van der Waals surface area contributed by atoms with Crippen LogP contribution in [0, 0.1) is 16.7 Å². The van der Waals surface area contributed by atoms with Crippen LogP contribution in [0.5, 0.6) is 0 Å². The Morgan fingerprint density at radius 3 is 2.26 bits per heavy atom. The Hall–Kier alpha value is -1.77. The number of anilines is 1. The van der Waals surface area contributed by atoms with Crippen LogP contribution in [-0.4, -0.2) is 18.6 Å². The second-order valence-electron chi connectivity index (χ2n) is 5.59. The van der Waals surface area contributed by atoms with E-state index in [9.17, 15) is 13.2 Å². The van der Waals surface area contributed by atoms with E-state index in [4.69, 9.17) is 5.26 Å². The molecule has 19 heavy (non-hydrogen) atoms. The lowest BCUT2D eigenvalue weighted by Crippen LogP contribution is -2.30. The monoisotopic (exact) mass is 271 g/mol. The molecular weight excluding hydrogens is 255 g/mol. The number of hydrogen-bond acceptors (Lipinski definition) is 3. The quantitative estimate of drug-likeness (QED) is 0.827. The molecule has 1 aromatic heterocycles. The van der Waals surface area contributed by atoms with Gasteiger partial charge in [0.2, 0.25) is 0 Å². The first kappa shape index (κ1) is 15.3. The van der Waals surface area contributed by atoms with Gasteiger partial charge in [0, 0.05) is 13.6 Å². The molecule has 1 heterocycles. The second-order valence-corrected chi connectivity index (χ2v) is 5.59. The molecule has 6 heteroatoms. The Bertz CT molecular complexity index is 495. The van der Waals surface area contributed by atoms with Crippen LogP contribution in [0.1, 0.15) is 32.0 Å². The van der Waals surface area contributed by atoms with Crippen LogP contribution >= 0.6 is 0 Å². The van der Waals surface area contributed by atoms with Crippen molar-refractivity contribution in [1.82, 2.24) is 4.98 Å². The molecule has 104 valence electrons. The maximum Gasteiger partial charge on any atom is 0.433 e. The first-order chi connectivity index (χ1) is 8.54. The zero-order valence-electron chi connectivity index (χ0n) is 11.3. The number of halogens is 3. The first-order valence-electron chi connectivity index (χ1n) is 5.74. The minimum Gasteiger partial charge on any atom is -0.358 e. The van der Waals surface area contributed by atoms with Crippen molar-refractivity contribution in [3.8, 4) is 6.07 Å². The van der Waals surface area contributed by atoms with E-state index in [-0.39, 0.29) is 16.8 Å². The Labute approximate surface area is 110 Å². The molecule has 0 aliphatic heterocycles. The van der Waals surface area contributed by atoms with Crippen LogP contribution in [0.4, 0.5) is 19.0 Å². The highest BCUT2D eigenvalue weighted by Gasteiger charge is 2.33. The van der Waals surface area contributed by atoms with Gasteiger partial charge in [0.05, 0.1) is 5.56 Å². The molecule has 0 amide bonds. The fraction of sp³-hybridized carbons (Fsp3) is 0.538. The molecule has 0 atom stereocenters. The molecule has 0 spiro atoms. The minimum atomic E-state index is -4.51. The second kappa shape index (κ2) is 5.08. The SMILES string of the molecule is CN(CC(C)(C)C)c1nc(C(F)(F)F)ccc1C#N. The van der Waals surface area contributed by atoms with E-state index in [0.29, 0.717) is 6.54 Å². The van der Waals surface area contributed by atoms with Crippen molar-refractivity contribution in [2.24, 2.45) is 5.41 Å². The molecule has 0 unspecified atom stereocenters. The Morgan fingerprint density at radius 1 is 1.26 bits per heavy atom. The number of rotatable bonds is 2. The number of alkyl halides is 3. The van der Waals surface area contributed by atoms with Crippen LogP contribution < -0.4 is 4.90 Å². The molecule has 0 N–H and O–H groups in total. The largest absolute Gasteiger partial charge is 0.433 e. The maximum absolute atomic E-state index is 12.6. The smallest absolute Gasteiger partial charge is 0.358 e. The number of nitrogens with zero attached hydrogens (tertiary/aromatic N) is 3. The van der Waals surface area contributed by atoms with E-state index in [1.807, 2.05) is 26.8 Å². The van der Waals surface area contributed by atoms with Gasteiger partial charge in [-0.2, -0.15) is 18.4 Å². The van der Waals surface area contributed by atoms with Crippen LogP contribution in [0.25, 0.3) is 0 Å². The van der Waals surface area contributed by atoms with Gasteiger partial charge in [-0.3, -0.25) is 0 Å². The van der Waals surface area contributed by atoms with Crippen molar-refractivity contribution >= 4 is 5.82 Å². The highest BCUT2D eigenvalue weighted by Crippen LogP contribution is 2.30. The summed E-state index contributed by atoms with van der Waals surface area (Å²) in [5.74, 6) is 0.0623. The molecule has 0 saturated carbocycles. The minimum absolute atomic E-state index is 0.0623. The van der Waals surface area contributed by atoms with E-state index in [1.54, 1.807) is 11.9 Å². The summed E-state index contributed by atoms with van der Waals surface area (Å²) in [7, 11) is 1.63. The van der Waals surface area contributed by atoms with Crippen molar-refractivity contribution < 1.29 is 13.2 Å². The maximum atomic E-state index is 12.6. The van der Waals surface area contributed by atoms with Crippen molar-refractivity contribution in [1.29, 1.82) is 5.26 Å². The standard InChI is InChI=1S/C13H16F3N3/c1-12(2,3)8-19(4)11-9(7-17)5-6-10(18-11)13(14,15)16/h5-6H,8H2,1-4H3. The summed E-state index contributed by atoms with van der Waals surface area (Å²) in [5.41, 5.74) is -0.959. The van der Waals surface area contributed by atoms with Crippen LogP contribution in [0.15, 0.2) is 12.1 Å². The van der Waals surface area contributed by atoms with Gasteiger partial charge in [-0.25, -0.2) is 4.98 Å². The van der Waals surface area contributed by atoms with Gasteiger partial charge in [0.25, 0.3) is 0 Å². The summed E-state index contributed by atoms with van der Waals surface area (Å²) >= 11 is 0. The summed E-state index contributed by atoms with van der Waals surface area (Å²) in [6, 6.07) is 3.85. The lowest BCUT2D eigenvalue weighted by atomic mass is 9.96. The Morgan fingerprint density at radius 2 is 1.84 bits per heavy atom. The van der Waals surface area contributed by atoms with Gasteiger partial charge >= 0.3 is 6.18 Å². The summed E-state index contributed by atoms with van der Waals surface area (Å²) in [6.45, 7) is 6.38. The van der Waals surface area contributed by atoms with Crippen LogP contribution in [-0.2, 0) is 6.18 Å². The lowest BCUT2D eigenvalue weighted by Gasteiger charge is -2.28. The molecule has 0 aliphatic carbocycles. The van der Waals surface area contributed by atoms with Crippen molar-refractivity contribution in [3.05, 3.63) is 23.4 Å². The van der Waals surface area contributed by atoms with Crippen molar-refractivity contribution in [3.63, 3.8) is 0 Å². The summed E-state index contributed by atoms with van der Waals surface area (Å²) < 4.78 is 37.9. The van der Waals surface area contributed by atoms with Crippen molar-refractivity contribution in [2.45, 2.75) is 26.9 Å². The average molecular weight is 271 g/mol. The molecule has 0 radical (unpaired) electrons. The topological polar surface area (TPSA) is 39.9 Å². The molecule has 0 aromatic carbocycles. The number of aromatic nitrogens is 1. The van der Waals surface area contributed by atoms with Gasteiger partial charge in [0.15, 0.2) is 0 Å². The third-order valence-electron chi connectivity index (χ3n) is 2.36. The molecule has 1 aromatic rings. The highest BCUT2D eigenvalue weighted by atomic mass is 19.4. The zero-order chi connectivity index (χ0) is 14.8. The average Bonchev–Trinajstić information content (AvgIpc) is 2.24. The van der Waals surface area contributed by atoms with Gasteiger partial charge in [-0.1, -0.05) is 20.8 Å². The van der Waals surface area contributed by atoms with Gasteiger partial charge in [-0.05, 0) is 17.5 Å². The van der Waals surface area contributed by atoms with Gasteiger partial charge < -0.3 is 4.90 Å². The number of hydrogen-bond donors (Lipinski definition) is 0. The lowest BCUT2D eigenvalue weighted by molar-refractivity contribution is -0.141. The Balaban J connectivity index is 3.21. The van der Waals surface area contributed by atoms with E-state index in [0.717, 1.165) is 12.1 Å². The zero-order valence-corrected chi connectivity index (χ0v) is 11.3. The van der Waals surface area contributed by atoms with Gasteiger partial charge in [0.1, 0.15) is 17.6 Å². The normalized spacial score (nSPS) is 12.1. The molecular formula is C13H16F3N3. The molecule has 0 fully saturated rings. The predicted octanol–water partition coefficient (Wildman–Crippen LogP) is 3.45. The van der Waals surface area contributed by atoms with Crippen LogP contribution in [0.2, 0.25) is 0 Å². The molecule has 3 nitrogen and oxygen atoms in total. The van der Waals surface area contributed by atoms with Crippen molar-refractivity contribution in [2.75, 3.05) is 18.5 Å². The first-order valence-corrected chi connectivity index (χ1v) is 5.74. The van der Waals surface area contributed by atoms with E-state index in [2.05, 4.69) is 4.98 Å². The molecule has 0 saturated heterocycles. The Kier molecular flexibility index (Phi) is 4.09. The van der Waals surface area contributed by atoms with E-state index >= 15 is 0 Å². The highest BCUT2D eigenvalue weighted by molar-refractivity contribution is 5.54.